The van der Waals surface area contributed by atoms with Crippen molar-refractivity contribution >= 4 is 23.2 Å². The first-order valence-corrected chi connectivity index (χ1v) is 15.6. The van der Waals surface area contributed by atoms with Crippen LogP contribution in [0.3, 0.4) is 0 Å². The van der Waals surface area contributed by atoms with Crippen LogP contribution in [0.25, 0.3) is 33.6 Å². The van der Waals surface area contributed by atoms with E-state index in [1.54, 1.807) is 26.6 Å². The van der Waals surface area contributed by atoms with Crippen molar-refractivity contribution in [1.29, 1.82) is 0 Å². The minimum Gasteiger partial charge on any atom is -0.480 e. The van der Waals surface area contributed by atoms with Crippen LogP contribution in [-0.2, 0) is 26.2 Å². The molecule has 14 nitrogen and oxygen atoms in total. The number of benzene rings is 2. The molecule has 0 saturated heterocycles. The van der Waals surface area contributed by atoms with Crippen LogP contribution < -0.4 is 20.1 Å². The van der Waals surface area contributed by atoms with Crippen LogP contribution in [0.5, 0.6) is 11.8 Å². The molecule has 48 heavy (non-hydrogen) atoms. The topological polar surface area (TPSA) is 177 Å². The molecule has 0 aliphatic carbocycles. The Morgan fingerprint density at radius 1 is 0.604 bits per heavy atom. The zero-order chi connectivity index (χ0) is 33.6. The van der Waals surface area contributed by atoms with Crippen LogP contribution in [0.4, 0.5) is 0 Å². The molecule has 4 N–H and O–H groups in total. The van der Waals surface area contributed by atoms with Gasteiger partial charge in [0, 0.05) is 35.3 Å². The highest BCUT2D eigenvalue weighted by Crippen LogP contribution is 2.42. The summed E-state index contributed by atoms with van der Waals surface area (Å²) in [6, 6.07) is 11.4. The zero-order valence-corrected chi connectivity index (χ0v) is 28.1. The van der Waals surface area contributed by atoms with Gasteiger partial charge in [0.25, 0.3) is 0 Å². The number of aromatic nitrogens is 10. The molecular formula is C32H32Cl2N12O2. The maximum absolute atomic E-state index is 7.04. The molecule has 6 rings (SSSR count). The highest BCUT2D eigenvalue weighted by molar-refractivity contribution is 6.39. The monoisotopic (exact) mass is 686 g/mol. The number of aromatic amines is 2. The van der Waals surface area contributed by atoms with E-state index in [2.05, 4.69) is 51.0 Å². The number of rotatable bonds is 13. The first-order valence-electron chi connectivity index (χ1n) is 14.9. The van der Waals surface area contributed by atoms with E-state index in [1.807, 2.05) is 50.2 Å². The van der Waals surface area contributed by atoms with Crippen molar-refractivity contribution < 1.29 is 9.47 Å². The van der Waals surface area contributed by atoms with Crippen molar-refractivity contribution in [3.05, 3.63) is 93.5 Å². The largest absolute Gasteiger partial charge is 0.480 e. The number of hydrogen-bond acceptors (Lipinski definition) is 12. The number of nitrogens with one attached hydrogen (secondary N) is 4. The molecule has 0 saturated carbocycles. The lowest BCUT2D eigenvalue weighted by Gasteiger charge is -2.15. The number of ether oxygens (including phenoxy) is 2. The molecule has 0 bridgehead atoms. The molecule has 4 heterocycles. The summed E-state index contributed by atoms with van der Waals surface area (Å²) in [5.41, 5.74) is 5.18. The van der Waals surface area contributed by atoms with E-state index in [1.165, 1.54) is 0 Å². The molecule has 0 spiro atoms. The molecule has 0 aliphatic rings. The lowest BCUT2D eigenvalue weighted by molar-refractivity contribution is 0.387. The molecule has 0 radical (unpaired) electrons. The van der Waals surface area contributed by atoms with Crippen molar-refractivity contribution in [2.24, 2.45) is 0 Å². The summed E-state index contributed by atoms with van der Waals surface area (Å²) in [5.74, 6) is 3.59. The van der Waals surface area contributed by atoms with Crippen molar-refractivity contribution in [1.82, 2.24) is 60.9 Å². The van der Waals surface area contributed by atoms with E-state index in [0.29, 0.717) is 93.5 Å². The fraction of sp³-hybridized carbons (Fsp3) is 0.250. The summed E-state index contributed by atoms with van der Waals surface area (Å²) in [4.78, 5) is 27.3. The summed E-state index contributed by atoms with van der Waals surface area (Å²) >= 11 is 14.1. The maximum Gasteiger partial charge on any atom is 0.237 e. The summed E-state index contributed by atoms with van der Waals surface area (Å²) in [6.45, 7) is 5.45. The summed E-state index contributed by atoms with van der Waals surface area (Å²) in [5, 5.41) is 21.4. The van der Waals surface area contributed by atoms with Crippen molar-refractivity contribution in [3.63, 3.8) is 0 Å². The molecule has 2 aromatic carbocycles. The average Bonchev–Trinajstić information content (AvgIpc) is 3.72. The van der Waals surface area contributed by atoms with Crippen molar-refractivity contribution in [2.45, 2.75) is 40.0 Å². The van der Waals surface area contributed by atoms with Crippen LogP contribution >= 0.6 is 23.2 Å². The van der Waals surface area contributed by atoms with Gasteiger partial charge >= 0.3 is 0 Å². The molecule has 0 amide bonds. The van der Waals surface area contributed by atoms with Crippen LogP contribution in [0, 0.1) is 13.8 Å². The lowest BCUT2D eigenvalue weighted by Crippen LogP contribution is -2.16. The first kappa shape index (κ1) is 32.9. The Hall–Kier alpha value is -5.02. The Balaban J connectivity index is 1.22. The summed E-state index contributed by atoms with van der Waals surface area (Å²) < 4.78 is 11.1. The van der Waals surface area contributed by atoms with Gasteiger partial charge in [-0.3, -0.25) is 20.2 Å². The highest BCUT2D eigenvalue weighted by atomic mass is 35.5. The molecule has 0 unspecified atom stereocenters. The number of H-pyrrole nitrogens is 2. The Morgan fingerprint density at radius 2 is 1.02 bits per heavy atom. The van der Waals surface area contributed by atoms with E-state index in [4.69, 9.17) is 42.6 Å². The highest BCUT2D eigenvalue weighted by Gasteiger charge is 2.19. The fourth-order valence-corrected chi connectivity index (χ4v) is 5.67. The number of nitrogens with zero attached hydrogens (tertiary/aromatic N) is 8. The van der Waals surface area contributed by atoms with Gasteiger partial charge in [-0.05, 0) is 13.8 Å². The maximum atomic E-state index is 7.04. The third kappa shape index (κ3) is 7.26. The van der Waals surface area contributed by atoms with E-state index >= 15 is 0 Å². The molecule has 6 aromatic rings. The molecule has 246 valence electrons. The van der Waals surface area contributed by atoms with Gasteiger partial charge < -0.3 is 20.1 Å². The van der Waals surface area contributed by atoms with Gasteiger partial charge in [-0.2, -0.15) is 10.2 Å². The first-order chi connectivity index (χ1) is 23.3. The molecule has 0 atom stereocenters. The van der Waals surface area contributed by atoms with E-state index in [-0.39, 0.29) is 0 Å². The summed E-state index contributed by atoms with van der Waals surface area (Å²) in [6.07, 6.45) is 3.34. The molecular weight excluding hydrogens is 655 g/mol. The Labute approximate surface area is 286 Å². The molecule has 16 heteroatoms. The van der Waals surface area contributed by atoms with Crippen LogP contribution in [0.15, 0.2) is 48.8 Å². The minimum atomic E-state index is 0.381. The second-order valence-electron chi connectivity index (χ2n) is 10.6. The quantitative estimate of drug-likeness (QED) is 0.128. The van der Waals surface area contributed by atoms with Crippen LogP contribution in [0.2, 0.25) is 10.0 Å². The van der Waals surface area contributed by atoms with Gasteiger partial charge in [-0.25, -0.2) is 19.9 Å². The van der Waals surface area contributed by atoms with Crippen molar-refractivity contribution in [2.75, 3.05) is 14.2 Å². The van der Waals surface area contributed by atoms with Gasteiger partial charge in [-0.15, -0.1) is 0 Å². The van der Waals surface area contributed by atoms with Gasteiger partial charge in [0.1, 0.15) is 23.0 Å². The van der Waals surface area contributed by atoms with E-state index in [9.17, 15) is 0 Å². The Bertz CT molecular complexity index is 1900. The van der Waals surface area contributed by atoms with Gasteiger partial charge in [0.05, 0.1) is 61.1 Å². The summed E-state index contributed by atoms with van der Waals surface area (Å²) in [7, 11) is 3.11. The average molecular weight is 688 g/mol. The predicted octanol–water partition coefficient (Wildman–Crippen LogP) is 5.02. The van der Waals surface area contributed by atoms with E-state index in [0.717, 1.165) is 22.8 Å². The zero-order valence-electron chi connectivity index (χ0n) is 26.6. The number of hydrogen-bond donors (Lipinski definition) is 4. The molecule has 0 aliphatic heterocycles. The van der Waals surface area contributed by atoms with Gasteiger partial charge in [-0.1, -0.05) is 59.6 Å². The van der Waals surface area contributed by atoms with Gasteiger partial charge in [0.2, 0.25) is 11.8 Å². The van der Waals surface area contributed by atoms with Crippen molar-refractivity contribution in [3.8, 4) is 45.4 Å². The van der Waals surface area contributed by atoms with Crippen LogP contribution in [0.1, 0.15) is 34.7 Å². The number of halogens is 2. The van der Waals surface area contributed by atoms with Crippen LogP contribution in [-0.4, -0.2) is 64.5 Å². The molecule has 0 fully saturated rings. The number of methoxy groups -OCH3 is 2. The third-order valence-electron chi connectivity index (χ3n) is 7.29. The predicted molar refractivity (Wildman–Crippen MR) is 180 cm³/mol. The molecule has 4 aromatic heterocycles. The van der Waals surface area contributed by atoms with Gasteiger partial charge in [0.15, 0.2) is 11.6 Å². The second kappa shape index (κ2) is 14.8. The van der Waals surface area contributed by atoms with E-state index < -0.39 is 0 Å². The standard InChI is InChI=1S/C32H32Cl2N12O2/c1-17-39-27(45-43-17)15-35-11-25-31(47-3)41-23(13-37-25)21-9-5-7-19(29(21)33)20-8-6-10-22(30(20)34)24-14-38-26(32(42-24)48-4)12-36-16-28-40-18(2)44-46-28/h5-10,13-14,35-36H,11-12,15-16H2,1-4H3,(H,39,43,45)(H,40,44,46). The second-order valence-corrected chi connectivity index (χ2v) is 11.4. The Kier molecular flexibility index (Phi) is 10.2. The minimum absolute atomic E-state index is 0.381. The fourth-order valence-electron chi connectivity index (χ4n) is 5.02. The number of aryl methyl sites for hydroxylation is 2. The lowest BCUT2D eigenvalue weighted by atomic mass is 9.98. The smallest absolute Gasteiger partial charge is 0.237 e. The third-order valence-corrected chi connectivity index (χ3v) is 8.10. The Morgan fingerprint density at radius 3 is 1.40 bits per heavy atom. The SMILES string of the molecule is COc1nc(-c2cccc(-c3cccc(-c4cnc(CNCc5n[nH]c(C)n5)c(OC)n4)c3Cl)c2Cl)cnc1CNCc1n[nH]c(C)n1. The normalized spacial score (nSPS) is 11.2.